The number of sulfonamides is 2. The molecule has 8 nitrogen and oxygen atoms in total. The van der Waals surface area contributed by atoms with Gasteiger partial charge < -0.3 is 0 Å². The molecule has 0 spiro atoms. The van der Waals surface area contributed by atoms with E-state index < -0.39 is 43.5 Å². The summed E-state index contributed by atoms with van der Waals surface area (Å²) in [4.78, 5) is 24.3. The Labute approximate surface area is 278 Å². The first-order valence-electron chi connectivity index (χ1n) is 13.3. The number of Topliss-reactive ketones (excluding diaryl/α,β-unsaturated/α-hetero) is 2. The van der Waals surface area contributed by atoms with Crippen LogP contribution in [0.5, 0.6) is 0 Å². The van der Waals surface area contributed by atoms with Gasteiger partial charge in [0.1, 0.15) is 0 Å². The molecule has 18 heteroatoms. The fourth-order valence-electron chi connectivity index (χ4n) is 3.88. The minimum absolute atomic E-state index is 0.0285. The molecular weight excluding hydrogens is 727 g/mol. The van der Waals surface area contributed by atoms with E-state index in [9.17, 15) is 52.8 Å². The van der Waals surface area contributed by atoms with E-state index in [0.29, 0.717) is 24.3 Å². The van der Waals surface area contributed by atoms with Gasteiger partial charge in [0.15, 0.2) is 11.6 Å². The van der Waals surface area contributed by atoms with Crippen molar-refractivity contribution in [1.29, 1.82) is 0 Å². The van der Waals surface area contributed by atoms with Crippen LogP contribution in [0.1, 0.15) is 31.8 Å². The molecule has 4 rings (SSSR count). The summed E-state index contributed by atoms with van der Waals surface area (Å²) in [5, 5.41) is 0. The summed E-state index contributed by atoms with van der Waals surface area (Å²) in [6.45, 7) is 0. The van der Waals surface area contributed by atoms with E-state index in [4.69, 9.17) is 0 Å². The largest absolute Gasteiger partial charge is 0.416 e. The average molecular weight is 749 g/mol. The molecule has 0 unspecified atom stereocenters. The van der Waals surface area contributed by atoms with Crippen molar-refractivity contribution in [2.45, 2.75) is 22.1 Å². The molecule has 4 aromatic carbocycles. The van der Waals surface area contributed by atoms with Gasteiger partial charge in [0, 0.05) is 22.5 Å². The minimum Gasteiger partial charge on any atom is -0.293 e. The summed E-state index contributed by atoms with van der Waals surface area (Å²) in [5.41, 5.74) is -1.33. The summed E-state index contributed by atoms with van der Waals surface area (Å²) in [6, 6.07) is 16.7. The Morgan fingerprint density at radius 1 is 0.500 bits per heavy atom. The summed E-state index contributed by atoms with van der Waals surface area (Å²) in [7, 11) is -6.18. The number of carbonyl (C=O) groups excluding carboxylic acids is 2. The van der Waals surface area contributed by atoms with Crippen LogP contribution in [0.2, 0.25) is 0 Å². The second kappa shape index (κ2) is 14.6. The summed E-state index contributed by atoms with van der Waals surface area (Å²) >= 11 is 0. The van der Waals surface area contributed by atoms with Crippen molar-refractivity contribution < 1.29 is 52.8 Å². The molecule has 4 aromatic rings. The van der Waals surface area contributed by atoms with Crippen LogP contribution in [0.3, 0.4) is 0 Å². The summed E-state index contributed by atoms with van der Waals surface area (Å²) in [6.07, 6.45) is -9.23. The van der Waals surface area contributed by atoms with Gasteiger partial charge in [0.25, 0.3) is 20.0 Å². The Morgan fingerprint density at radius 3 is 1.06 bits per heavy atom. The Morgan fingerprint density at radius 2 is 0.792 bits per heavy atom. The zero-order chi connectivity index (χ0) is 35.3. The minimum atomic E-state index is -4.61. The van der Waals surface area contributed by atoms with Crippen LogP contribution in [0.25, 0.3) is 0 Å². The van der Waals surface area contributed by atoms with Crippen LogP contribution in [0.15, 0.2) is 107 Å². The van der Waals surface area contributed by atoms with E-state index in [0.717, 1.165) is 45.9 Å². The van der Waals surface area contributed by atoms with E-state index in [-0.39, 0.29) is 55.4 Å². The predicted molar refractivity (Wildman–Crippen MR) is 171 cm³/mol. The summed E-state index contributed by atoms with van der Waals surface area (Å²) in [5.74, 6) is -0.693. The molecule has 0 aliphatic carbocycles. The molecule has 0 heterocycles. The molecule has 0 saturated carbocycles. The molecule has 2 N–H and O–H groups in total. The third-order valence-corrected chi connectivity index (χ3v) is 11.3. The van der Waals surface area contributed by atoms with Crippen LogP contribution in [0, 0.1) is 0 Å². The van der Waals surface area contributed by atoms with Gasteiger partial charge in [-0.1, -0.05) is 21.6 Å². The van der Waals surface area contributed by atoms with Crippen molar-refractivity contribution in [1.82, 2.24) is 0 Å². The zero-order valence-electron chi connectivity index (χ0n) is 24.0. The standard InChI is InChI=1S/C30H22F6N2O6S4/c31-29(32,33)21-5-13-25(14-6-21)47(41,42)37-23-9-1-19(2-10-23)27(39)17-45-46-18-28(40)20-3-11-24(12-4-20)38-48(43,44)26-15-7-22(8-16-26)30(34,35)36/h1-16,37-38H,17-18H2. The third-order valence-electron chi connectivity index (χ3n) is 6.37. The van der Waals surface area contributed by atoms with Crippen LogP contribution >= 0.6 is 21.6 Å². The second-order valence-corrected chi connectivity index (χ2v) is 15.6. The van der Waals surface area contributed by atoms with Gasteiger partial charge in [-0.25, -0.2) is 16.8 Å². The quantitative estimate of drug-likeness (QED) is 0.0615. The average Bonchev–Trinajstić information content (AvgIpc) is 3.02. The molecule has 0 atom stereocenters. The van der Waals surface area contributed by atoms with Crippen molar-refractivity contribution in [2.75, 3.05) is 20.9 Å². The Bertz CT molecular complexity index is 1840. The van der Waals surface area contributed by atoms with Gasteiger partial charge in [-0.3, -0.25) is 19.0 Å². The van der Waals surface area contributed by atoms with Gasteiger partial charge in [-0.2, -0.15) is 26.3 Å². The number of hydrogen-bond donors (Lipinski definition) is 2. The van der Waals surface area contributed by atoms with Gasteiger partial charge in [-0.15, -0.1) is 0 Å². The number of alkyl halides is 6. The molecule has 0 fully saturated rings. The second-order valence-electron chi connectivity index (χ2n) is 9.78. The maximum absolute atomic E-state index is 12.7. The van der Waals surface area contributed by atoms with Gasteiger partial charge in [-0.05, 0) is 97.1 Å². The first-order valence-corrected chi connectivity index (χ1v) is 18.7. The van der Waals surface area contributed by atoms with Crippen molar-refractivity contribution in [2.24, 2.45) is 0 Å². The smallest absolute Gasteiger partial charge is 0.293 e. The number of ketones is 2. The molecule has 48 heavy (non-hydrogen) atoms. The van der Waals surface area contributed by atoms with Crippen LogP contribution in [0.4, 0.5) is 37.7 Å². The molecule has 0 radical (unpaired) electrons. The number of hydrogen-bond acceptors (Lipinski definition) is 8. The lowest BCUT2D eigenvalue weighted by Crippen LogP contribution is -2.14. The lowest BCUT2D eigenvalue weighted by atomic mass is 10.1. The van der Waals surface area contributed by atoms with Gasteiger partial charge >= 0.3 is 12.4 Å². The van der Waals surface area contributed by atoms with E-state index in [1.165, 1.54) is 48.5 Å². The number of halogens is 6. The number of rotatable bonds is 13. The first kappa shape index (κ1) is 36.8. The highest BCUT2D eigenvalue weighted by Crippen LogP contribution is 2.31. The third kappa shape index (κ3) is 9.77. The topological polar surface area (TPSA) is 126 Å². The van der Waals surface area contributed by atoms with Crippen molar-refractivity contribution >= 4 is 64.6 Å². The van der Waals surface area contributed by atoms with Crippen LogP contribution < -0.4 is 9.44 Å². The fraction of sp³-hybridized carbons (Fsp3) is 0.133. The van der Waals surface area contributed by atoms with E-state index in [1.54, 1.807) is 0 Å². The number of carbonyl (C=O) groups is 2. The number of anilines is 2. The maximum atomic E-state index is 12.7. The Balaban J connectivity index is 1.23. The highest BCUT2D eigenvalue weighted by atomic mass is 33.1. The Kier molecular flexibility index (Phi) is 11.2. The zero-order valence-corrected chi connectivity index (χ0v) is 27.3. The highest BCUT2D eigenvalue weighted by molar-refractivity contribution is 8.77. The highest BCUT2D eigenvalue weighted by Gasteiger charge is 2.31. The normalized spacial score (nSPS) is 12.4. The number of nitrogens with one attached hydrogen (secondary N) is 2. The van der Waals surface area contributed by atoms with E-state index >= 15 is 0 Å². The van der Waals surface area contributed by atoms with Crippen LogP contribution in [-0.2, 0) is 32.4 Å². The molecule has 0 amide bonds. The first-order chi connectivity index (χ1) is 22.3. The van der Waals surface area contributed by atoms with E-state index in [2.05, 4.69) is 9.44 Å². The lowest BCUT2D eigenvalue weighted by molar-refractivity contribution is -0.138. The maximum Gasteiger partial charge on any atom is 0.416 e. The molecule has 0 aromatic heterocycles. The van der Waals surface area contributed by atoms with Crippen LogP contribution in [-0.4, -0.2) is 39.9 Å². The van der Waals surface area contributed by atoms with Crippen molar-refractivity contribution in [3.05, 3.63) is 119 Å². The Hall–Kier alpha value is -4.00. The SMILES string of the molecule is O=C(CSSCC(=O)c1ccc(NS(=O)(=O)c2ccc(C(F)(F)F)cc2)cc1)c1ccc(NS(=O)(=O)c2ccc(C(F)(F)F)cc2)cc1. The summed E-state index contributed by atoms with van der Waals surface area (Å²) < 4.78 is 131. The van der Waals surface area contributed by atoms with Crippen molar-refractivity contribution in [3.63, 3.8) is 0 Å². The lowest BCUT2D eigenvalue weighted by Gasteiger charge is -2.11. The van der Waals surface area contributed by atoms with Gasteiger partial charge in [0.05, 0.1) is 32.4 Å². The molecule has 0 aliphatic heterocycles. The molecule has 0 bridgehead atoms. The fourth-order valence-corrected chi connectivity index (χ4v) is 7.85. The monoisotopic (exact) mass is 748 g/mol. The molecule has 0 aliphatic rings. The molecular formula is C30H22F6N2O6S4. The molecule has 0 saturated heterocycles. The van der Waals surface area contributed by atoms with E-state index in [1.807, 2.05) is 0 Å². The number of benzene rings is 4. The molecule has 254 valence electrons. The predicted octanol–water partition coefficient (Wildman–Crippen LogP) is 7.77. The van der Waals surface area contributed by atoms with Crippen molar-refractivity contribution in [3.8, 4) is 0 Å². The van der Waals surface area contributed by atoms with Gasteiger partial charge in [0.2, 0.25) is 0 Å².